The van der Waals surface area contributed by atoms with Crippen LogP contribution in [0.1, 0.15) is 42.1 Å². The second-order valence-electron chi connectivity index (χ2n) is 6.82. The molecular formula is C17H26N4OS. The molecule has 1 saturated heterocycles. The monoisotopic (exact) mass is 334 g/mol. The van der Waals surface area contributed by atoms with Gasteiger partial charge in [-0.3, -0.25) is 9.48 Å². The minimum atomic E-state index is 0.147. The number of likely N-dealkylation sites (tertiary alicyclic amines) is 1. The highest BCUT2D eigenvalue weighted by Gasteiger charge is 2.28. The van der Waals surface area contributed by atoms with Crippen molar-refractivity contribution in [1.29, 1.82) is 0 Å². The van der Waals surface area contributed by atoms with Crippen molar-refractivity contribution in [3.8, 4) is 0 Å². The van der Waals surface area contributed by atoms with Gasteiger partial charge in [-0.1, -0.05) is 0 Å². The molecule has 0 aliphatic carbocycles. The average Bonchev–Trinajstić information content (AvgIpc) is 3.08. The smallest absolute Gasteiger partial charge is 0.264 e. The predicted octanol–water partition coefficient (Wildman–Crippen LogP) is 2.89. The molecule has 1 amide bonds. The van der Waals surface area contributed by atoms with Gasteiger partial charge >= 0.3 is 0 Å². The molecule has 0 bridgehead atoms. The number of hydrogen-bond acceptors (Lipinski definition) is 4. The van der Waals surface area contributed by atoms with Crippen LogP contribution >= 0.6 is 11.3 Å². The van der Waals surface area contributed by atoms with Gasteiger partial charge in [0.25, 0.3) is 5.91 Å². The molecule has 3 heterocycles. The summed E-state index contributed by atoms with van der Waals surface area (Å²) >= 11 is 1.55. The molecule has 0 N–H and O–H groups in total. The van der Waals surface area contributed by atoms with Crippen LogP contribution in [-0.4, -0.2) is 57.7 Å². The van der Waals surface area contributed by atoms with Crippen molar-refractivity contribution < 1.29 is 4.79 Å². The van der Waals surface area contributed by atoms with Crippen molar-refractivity contribution in [2.24, 2.45) is 7.05 Å². The summed E-state index contributed by atoms with van der Waals surface area (Å²) in [5.41, 5.74) is 0.991. The molecule has 6 heteroatoms. The van der Waals surface area contributed by atoms with Gasteiger partial charge in [0.05, 0.1) is 10.6 Å². The van der Waals surface area contributed by atoms with E-state index < -0.39 is 0 Å². The van der Waals surface area contributed by atoms with Crippen molar-refractivity contribution >= 4 is 27.5 Å². The number of amides is 1. The molecule has 0 aromatic carbocycles. The summed E-state index contributed by atoms with van der Waals surface area (Å²) < 4.78 is 1.87. The Balaban J connectivity index is 1.73. The zero-order valence-corrected chi connectivity index (χ0v) is 15.5. The highest BCUT2D eigenvalue weighted by Crippen LogP contribution is 2.29. The van der Waals surface area contributed by atoms with Gasteiger partial charge in [-0.15, -0.1) is 11.3 Å². The summed E-state index contributed by atoms with van der Waals surface area (Å²) in [6.45, 7) is 8.63. The van der Waals surface area contributed by atoms with E-state index in [0.717, 1.165) is 46.7 Å². The molecule has 3 rings (SSSR count). The zero-order chi connectivity index (χ0) is 16.7. The molecule has 2 aromatic rings. The van der Waals surface area contributed by atoms with E-state index in [-0.39, 0.29) is 5.91 Å². The molecule has 126 valence electrons. The molecular weight excluding hydrogens is 308 g/mol. The second-order valence-corrected chi connectivity index (χ2v) is 7.85. The van der Waals surface area contributed by atoms with E-state index in [0.29, 0.717) is 12.1 Å². The van der Waals surface area contributed by atoms with E-state index in [1.54, 1.807) is 11.3 Å². The fraction of sp³-hybridized carbons (Fsp3) is 0.647. The first kappa shape index (κ1) is 16.5. The number of fused-ring (bicyclic) bond motifs is 1. The van der Waals surface area contributed by atoms with E-state index in [4.69, 9.17) is 0 Å². The number of aromatic nitrogens is 2. The van der Waals surface area contributed by atoms with Crippen LogP contribution in [0.4, 0.5) is 0 Å². The SMILES string of the molecule is Cc1nn(C)c2sc(C(=O)N(C)C3CCN(C(C)C)CC3)cc12. The van der Waals surface area contributed by atoms with Gasteiger partial charge in [0.15, 0.2) is 0 Å². The van der Waals surface area contributed by atoms with Crippen LogP contribution in [0.5, 0.6) is 0 Å². The van der Waals surface area contributed by atoms with Crippen molar-refractivity contribution in [3.63, 3.8) is 0 Å². The minimum Gasteiger partial charge on any atom is -0.338 e. The maximum atomic E-state index is 12.8. The van der Waals surface area contributed by atoms with Gasteiger partial charge in [0.1, 0.15) is 4.83 Å². The van der Waals surface area contributed by atoms with E-state index >= 15 is 0 Å². The lowest BCUT2D eigenvalue weighted by Gasteiger charge is -2.38. The molecule has 1 aliphatic heterocycles. The van der Waals surface area contributed by atoms with Crippen molar-refractivity contribution in [1.82, 2.24) is 19.6 Å². The van der Waals surface area contributed by atoms with Crippen LogP contribution in [0.25, 0.3) is 10.2 Å². The summed E-state index contributed by atoms with van der Waals surface area (Å²) in [6.07, 6.45) is 2.12. The Kier molecular flexibility index (Phi) is 4.47. The van der Waals surface area contributed by atoms with Gasteiger partial charge in [-0.25, -0.2) is 0 Å². The highest BCUT2D eigenvalue weighted by atomic mass is 32.1. The fourth-order valence-electron chi connectivity index (χ4n) is 3.44. The van der Waals surface area contributed by atoms with E-state index in [1.807, 2.05) is 36.7 Å². The normalized spacial score (nSPS) is 17.3. The molecule has 2 aromatic heterocycles. The molecule has 0 atom stereocenters. The van der Waals surface area contributed by atoms with Crippen molar-refractivity contribution in [3.05, 3.63) is 16.6 Å². The first-order chi connectivity index (χ1) is 10.9. The quantitative estimate of drug-likeness (QED) is 0.867. The zero-order valence-electron chi connectivity index (χ0n) is 14.7. The number of nitrogens with zero attached hydrogens (tertiary/aromatic N) is 4. The fourth-order valence-corrected chi connectivity index (χ4v) is 4.55. The Hall–Kier alpha value is -1.40. The summed E-state index contributed by atoms with van der Waals surface area (Å²) in [7, 11) is 3.89. The predicted molar refractivity (Wildman–Crippen MR) is 95.2 cm³/mol. The number of aryl methyl sites for hydroxylation is 2. The first-order valence-electron chi connectivity index (χ1n) is 8.33. The molecule has 23 heavy (non-hydrogen) atoms. The summed E-state index contributed by atoms with van der Waals surface area (Å²) in [5.74, 6) is 0.147. The van der Waals surface area contributed by atoms with Gasteiger partial charge < -0.3 is 9.80 Å². The number of carbonyl (C=O) groups excluding carboxylic acids is 1. The Morgan fingerprint density at radius 3 is 2.61 bits per heavy atom. The first-order valence-corrected chi connectivity index (χ1v) is 9.14. The van der Waals surface area contributed by atoms with E-state index in [1.165, 1.54) is 0 Å². The number of hydrogen-bond donors (Lipinski definition) is 0. The van der Waals surface area contributed by atoms with Crippen molar-refractivity contribution in [2.45, 2.75) is 45.7 Å². The summed E-state index contributed by atoms with van der Waals surface area (Å²) in [6, 6.07) is 2.95. The molecule has 0 unspecified atom stereocenters. The van der Waals surface area contributed by atoms with Crippen LogP contribution in [-0.2, 0) is 7.05 Å². The third kappa shape index (κ3) is 3.02. The largest absolute Gasteiger partial charge is 0.338 e. The van der Waals surface area contributed by atoms with Crippen LogP contribution in [0.2, 0.25) is 0 Å². The van der Waals surface area contributed by atoms with Crippen LogP contribution in [0.15, 0.2) is 6.07 Å². The maximum absolute atomic E-state index is 12.8. The van der Waals surface area contributed by atoms with Gasteiger partial charge in [0.2, 0.25) is 0 Å². The maximum Gasteiger partial charge on any atom is 0.264 e. The lowest BCUT2D eigenvalue weighted by Crippen LogP contribution is -2.47. The lowest BCUT2D eigenvalue weighted by molar-refractivity contribution is 0.0620. The molecule has 0 saturated carbocycles. The standard InChI is InChI=1S/C17H26N4OS/c1-11(2)21-8-6-13(7-9-21)19(4)16(22)15-10-14-12(3)18-20(5)17(14)23-15/h10-11,13H,6-9H2,1-5H3. The van der Waals surface area contributed by atoms with Crippen molar-refractivity contribution in [2.75, 3.05) is 20.1 Å². The van der Waals surface area contributed by atoms with Gasteiger partial charge in [-0.2, -0.15) is 5.10 Å². The van der Waals surface area contributed by atoms with Crippen LogP contribution in [0, 0.1) is 6.92 Å². The van der Waals surface area contributed by atoms with Crippen LogP contribution < -0.4 is 0 Å². The number of piperidine rings is 1. The third-order valence-electron chi connectivity index (χ3n) is 5.00. The molecule has 0 spiro atoms. The molecule has 1 fully saturated rings. The topological polar surface area (TPSA) is 41.4 Å². The molecule has 1 aliphatic rings. The number of thiophene rings is 1. The van der Waals surface area contributed by atoms with Crippen LogP contribution in [0.3, 0.4) is 0 Å². The summed E-state index contributed by atoms with van der Waals surface area (Å²) in [4.78, 5) is 19.2. The van der Waals surface area contributed by atoms with Gasteiger partial charge in [0, 0.05) is 44.7 Å². The minimum absolute atomic E-state index is 0.147. The third-order valence-corrected chi connectivity index (χ3v) is 6.19. The highest BCUT2D eigenvalue weighted by molar-refractivity contribution is 7.20. The lowest BCUT2D eigenvalue weighted by atomic mass is 10.0. The van der Waals surface area contributed by atoms with E-state index in [2.05, 4.69) is 23.8 Å². The molecule has 0 radical (unpaired) electrons. The Morgan fingerprint density at radius 1 is 1.39 bits per heavy atom. The Labute approximate surface area is 141 Å². The Bertz CT molecular complexity index is 675. The molecule has 5 nitrogen and oxygen atoms in total. The van der Waals surface area contributed by atoms with Gasteiger partial charge in [-0.05, 0) is 39.7 Å². The Morgan fingerprint density at radius 2 is 2.04 bits per heavy atom. The number of rotatable bonds is 3. The van der Waals surface area contributed by atoms with E-state index in [9.17, 15) is 4.79 Å². The number of carbonyl (C=O) groups is 1. The second kappa shape index (κ2) is 6.24. The average molecular weight is 334 g/mol. The summed E-state index contributed by atoms with van der Waals surface area (Å²) in [5, 5.41) is 5.51.